The summed E-state index contributed by atoms with van der Waals surface area (Å²) in [6, 6.07) is 18.1. The number of hydrogen-bond donors (Lipinski definition) is 1. The maximum absolute atomic E-state index is 13.5. The van der Waals surface area contributed by atoms with Gasteiger partial charge >= 0.3 is 0 Å². The molecule has 35 heavy (non-hydrogen) atoms. The molecule has 0 radical (unpaired) electrons. The third-order valence-electron chi connectivity index (χ3n) is 6.40. The van der Waals surface area contributed by atoms with Crippen molar-refractivity contribution in [3.8, 4) is 16.3 Å². The Morgan fingerprint density at radius 3 is 2.77 bits per heavy atom. The van der Waals surface area contributed by atoms with Crippen LogP contribution in [-0.2, 0) is 13.0 Å². The van der Waals surface area contributed by atoms with E-state index in [2.05, 4.69) is 40.4 Å². The highest BCUT2D eigenvalue weighted by Crippen LogP contribution is 2.29. The monoisotopic (exact) mass is 480 g/mol. The van der Waals surface area contributed by atoms with E-state index < -0.39 is 0 Å². The van der Waals surface area contributed by atoms with Gasteiger partial charge in [0.2, 0.25) is 5.95 Å². The molecule has 0 saturated heterocycles. The molecule has 4 heterocycles. The van der Waals surface area contributed by atoms with Crippen LogP contribution in [0.15, 0.2) is 71.0 Å². The van der Waals surface area contributed by atoms with Gasteiger partial charge in [0.25, 0.3) is 5.56 Å². The van der Waals surface area contributed by atoms with E-state index in [1.54, 1.807) is 17.5 Å². The molecule has 1 N–H and O–H groups in total. The SMILES string of the molecule is Cc1ccccc1-n1nc(-c2cccs2)c2nc(Nc3ccc4c(c3)CN(C)CC4)ncc2c1=O. The Hall–Kier alpha value is -3.88. The fraction of sp³-hybridized carbons (Fsp3) is 0.185. The topological polar surface area (TPSA) is 75.9 Å². The first-order valence-corrected chi connectivity index (χ1v) is 12.4. The van der Waals surface area contributed by atoms with E-state index in [0.29, 0.717) is 22.5 Å². The number of anilines is 2. The number of benzene rings is 2. The molecule has 8 heteroatoms. The Morgan fingerprint density at radius 1 is 1.06 bits per heavy atom. The van der Waals surface area contributed by atoms with Crippen LogP contribution in [0.4, 0.5) is 11.6 Å². The largest absolute Gasteiger partial charge is 0.324 e. The predicted octanol–water partition coefficient (Wildman–Crippen LogP) is 4.94. The maximum Gasteiger partial charge on any atom is 0.282 e. The zero-order valence-electron chi connectivity index (χ0n) is 19.5. The smallest absolute Gasteiger partial charge is 0.282 e. The third-order valence-corrected chi connectivity index (χ3v) is 7.28. The van der Waals surface area contributed by atoms with Gasteiger partial charge in [-0.1, -0.05) is 30.3 Å². The molecule has 0 aliphatic carbocycles. The van der Waals surface area contributed by atoms with Crippen LogP contribution >= 0.6 is 11.3 Å². The molecule has 0 amide bonds. The van der Waals surface area contributed by atoms with Crippen LogP contribution in [0, 0.1) is 6.92 Å². The van der Waals surface area contributed by atoms with Gasteiger partial charge in [0, 0.05) is 25.0 Å². The van der Waals surface area contributed by atoms with Gasteiger partial charge in [-0.25, -0.2) is 9.97 Å². The predicted molar refractivity (Wildman–Crippen MR) is 141 cm³/mol. The molecule has 3 aromatic heterocycles. The molecular weight excluding hydrogens is 456 g/mol. The van der Waals surface area contributed by atoms with Crippen molar-refractivity contribution >= 4 is 33.9 Å². The summed E-state index contributed by atoms with van der Waals surface area (Å²) >= 11 is 1.57. The number of aromatic nitrogens is 4. The molecule has 0 saturated carbocycles. The van der Waals surface area contributed by atoms with Gasteiger partial charge in [-0.3, -0.25) is 4.79 Å². The van der Waals surface area contributed by atoms with Crippen LogP contribution in [0.25, 0.3) is 27.2 Å². The highest BCUT2D eigenvalue weighted by atomic mass is 32.1. The first-order chi connectivity index (χ1) is 17.1. The number of fused-ring (bicyclic) bond motifs is 2. The van der Waals surface area contributed by atoms with E-state index in [9.17, 15) is 4.79 Å². The molecule has 0 spiro atoms. The molecule has 0 fully saturated rings. The Bertz CT molecular complexity index is 1610. The lowest BCUT2D eigenvalue weighted by atomic mass is 9.99. The van der Waals surface area contributed by atoms with Crippen LogP contribution in [0.2, 0.25) is 0 Å². The fourth-order valence-corrected chi connectivity index (χ4v) is 5.24. The van der Waals surface area contributed by atoms with Crippen molar-refractivity contribution in [3.63, 3.8) is 0 Å². The summed E-state index contributed by atoms with van der Waals surface area (Å²) in [5.74, 6) is 0.439. The number of nitrogens with one attached hydrogen (secondary N) is 1. The molecular formula is C27H24N6OS. The average molecular weight is 481 g/mol. The molecule has 174 valence electrons. The minimum Gasteiger partial charge on any atom is -0.324 e. The van der Waals surface area contributed by atoms with Crippen LogP contribution in [-0.4, -0.2) is 38.2 Å². The molecule has 6 rings (SSSR count). The Labute approximate surface area is 206 Å². The number of nitrogens with zero attached hydrogens (tertiary/aromatic N) is 5. The molecule has 5 aromatic rings. The summed E-state index contributed by atoms with van der Waals surface area (Å²) in [6.45, 7) is 3.97. The van der Waals surface area contributed by atoms with Crippen molar-refractivity contribution in [2.24, 2.45) is 0 Å². The van der Waals surface area contributed by atoms with Crippen molar-refractivity contribution < 1.29 is 0 Å². The molecule has 0 unspecified atom stereocenters. The minimum absolute atomic E-state index is 0.238. The third kappa shape index (κ3) is 4.00. The lowest BCUT2D eigenvalue weighted by Gasteiger charge is -2.25. The molecule has 1 aliphatic heterocycles. The number of aryl methyl sites for hydroxylation is 1. The lowest BCUT2D eigenvalue weighted by Crippen LogP contribution is -2.26. The van der Waals surface area contributed by atoms with Crippen molar-refractivity contribution in [2.75, 3.05) is 18.9 Å². The van der Waals surface area contributed by atoms with E-state index in [-0.39, 0.29) is 5.56 Å². The van der Waals surface area contributed by atoms with Gasteiger partial charge in [-0.05, 0) is 66.7 Å². The van der Waals surface area contributed by atoms with E-state index in [0.717, 1.165) is 41.3 Å². The van der Waals surface area contributed by atoms with Crippen molar-refractivity contribution in [2.45, 2.75) is 19.9 Å². The van der Waals surface area contributed by atoms with Crippen LogP contribution in [0.5, 0.6) is 0 Å². The zero-order chi connectivity index (χ0) is 23.9. The normalized spacial score (nSPS) is 13.7. The van der Waals surface area contributed by atoms with E-state index in [1.165, 1.54) is 15.8 Å². The molecule has 0 atom stereocenters. The Balaban J connectivity index is 1.47. The highest BCUT2D eigenvalue weighted by molar-refractivity contribution is 7.13. The summed E-state index contributed by atoms with van der Waals surface area (Å²) in [6.07, 6.45) is 2.66. The second-order valence-electron chi connectivity index (χ2n) is 8.88. The van der Waals surface area contributed by atoms with E-state index in [1.807, 2.05) is 48.7 Å². The number of para-hydroxylation sites is 1. The zero-order valence-corrected chi connectivity index (χ0v) is 20.3. The summed E-state index contributed by atoms with van der Waals surface area (Å²) in [5, 5.41) is 10.5. The minimum atomic E-state index is -0.238. The Kier molecular flexibility index (Phi) is 5.39. The molecule has 7 nitrogen and oxygen atoms in total. The van der Waals surface area contributed by atoms with Gasteiger partial charge in [0.05, 0.1) is 16.0 Å². The van der Waals surface area contributed by atoms with Crippen LogP contribution in [0.1, 0.15) is 16.7 Å². The van der Waals surface area contributed by atoms with Crippen molar-refractivity contribution in [1.82, 2.24) is 24.6 Å². The summed E-state index contributed by atoms with van der Waals surface area (Å²) < 4.78 is 1.46. The van der Waals surface area contributed by atoms with Crippen molar-refractivity contribution in [1.29, 1.82) is 0 Å². The van der Waals surface area contributed by atoms with Gasteiger partial charge in [-0.2, -0.15) is 9.78 Å². The molecule has 1 aliphatic rings. The van der Waals surface area contributed by atoms with E-state index in [4.69, 9.17) is 10.1 Å². The van der Waals surface area contributed by atoms with E-state index >= 15 is 0 Å². The first-order valence-electron chi connectivity index (χ1n) is 11.5. The number of thiophene rings is 1. The van der Waals surface area contributed by atoms with Crippen LogP contribution < -0.4 is 10.9 Å². The van der Waals surface area contributed by atoms with Crippen molar-refractivity contribution in [3.05, 3.63) is 93.2 Å². The molecule has 2 aromatic carbocycles. The number of likely N-dealkylation sites (N-methyl/N-ethyl adjacent to an activating group) is 1. The highest BCUT2D eigenvalue weighted by Gasteiger charge is 2.18. The maximum atomic E-state index is 13.5. The summed E-state index contributed by atoms with van der Waals surface area (Å²) in [5.41, 5.74) is 6.30. The second kappa shape index (κ2) is 8.72. The fourth-order valence-electron chi connectivity index (χ4n) is 4.53. The average Bonchev–Trinajstić information content (AvgIpc) is 3.39. The van der Waals surface area contributed by atoms with Gasteiger partial charge in [0.15, 0.2) is 0 Å². The quantitative estimate of drug-likeness (QED) is 0.393. The van der Waals surface area contributed by atoms with Gasteiger partial charge < -0.3 is 10.2 Å². The first kappa shape index (κ1) is 21.6. The van der Waals surface area contributed by atoms with Crippen LogP contribution in [0.3, 0.4) is 0 Å². The second-order valence-corrected chi connectivity index (χ2v) is 9.83. The number of hydrogen-bond acceptors (Lipinski definition) is 7. The van der Waals surface area contributed by atoms with Gasteiger partial charge in [0.1, 0.15) is 11.2 Å². The van der Waals surface area contributed by atoms with Gasteiger partial charge in [-0.15, -0.1) is 11.3 Å². The standard InChI is InChI=1S/C27H24N6OS/c1-17-6-3-4-7-22(17)33-26(34)21-15-28-27(30-24(21)25(31-33)23-8-5-13-35-23)29-20-10-9-18-11-12-32(2)16-19(18)14-20/h3-10,13-15H,11-12,16H2,1-2H3,(H,28,29,30). The summed E-state index contributed by atoms with van der Waals surface area (Å²) in [7, 11) is 2.14. The lowest BCUT2D eigenvalue weighted by molar-refractivity contribution is 0.313. The number of rotatable bonds is 4. The molecule has 0 bridgehead atoms. The summed E-state index contributed by atoms with van der Waals surface area (Å²) in [4.78, 5) is 26.0. The Morgan fingerprint density at radius 2 is 1.94 bits per heavy atom.